The van der Waals surface area contributed by atoms with Crippen LogP contribution in [0.2, 0.25) is 0 Å². The SMILES string of the molecule is CC1(C)CNCC(C)(C)C1O.Cl. The lowest BCUT2D eigenvalue weighted by Crippen LogP contribution is -2.56. The maximum absolute atomic E-state index is 9.92. The third kappa shape index (κ3) is 2.12. The van der Waals surface area contributed by atoms with Gasteiger partial charge in [0, 0.05) is 23.9 Å². The number of hydrogen-bond acceptors (Lipinski definition) is 2. The summed E-state index contributed by atoms with van der Waals surface area (Å²) in [6.07, 6.45) is -0.198. The molecule has 1 heterocycles. The van der Waals surface area contributed by atoms with Crippen molar-refractivity contribution >= 4 is 12.4 Å². The summed E-state index contributed by atoms with van der Waals surface area (Å²) in [7, 11) is 0. The first-order valence-electron chi connectivity index (χ1n) is 4.25. The molecule has 0 bridgehead atoms. The molecule has 0 aromatic carbocycles. The summed E-state index contributed by atoms with van der Waals surface area (Å²) in [4.78, 5) is 0. The van der Waals surface area contributed by atoms with Gasteiger partial charge >= 0.3 is 0 Å². The zero-order valence-electron chi connectivity index (χ0n) is 8.35. The van der Waals surface area contributed by atoms with E-state index >= 15 is 0 Å². The molecule has 1 saturated heterocycles. The fraction of sp³-hybridized carbons (Fsp3) is 1.00. The molecule has 2 N–H and O–H groups in total. The highest BCUT2D eigenvalue weighted by molar-refractivity contribution is 5.85. The van der Waals surface area contributed by atoms with Crippen LogP contribution in [0, 0.1) is 10.8 Å². The third-order valence-electron chi connectivity index (χ3n) is 2.64. The zero-order valence-corrected chi connectivity index (χ0v) is 9.16. The van der Waals surface area contributed by atoms with Gasteiger partial charge in [-0.15, -0.1) is 12.4 Å². The number of rotatable bonds is 0. The van der Waals surface area contributed by atoms with Crippen molar-refractivity contribution in [3.05, 3.63) is 0 Å². The summed E-state index contributed by atoms with van der Waals surface area (Å²) in [5.41, 5.74) is 0.0312. The Balaban J connectivity index is 0.00000121. The Bertz CT molecular complexity index is 141. The lowest BCUT2D eigenvalue weighted by Gasteiger charge is -2.46. The molecule has 0 amide bonds. The summed E-state index contributed by atoms with van der Waals surface area (Å²) in [5.74, 6) is 0. The first-order chi connectivity index (χ1) is 4.86. The van der Waals surface area contributed by atoms with Crippen molar-refractivity contribution in [3.63, 3.8) is 0 Å². The average molecular weight is 194 g/mol. The molecule has 0 atom stereocenters. The Morgan fingerprint density at radius 2 is 1.42 bits per heavy atom. The van der Waals surface area contributed by atoms with E-state index < -0.39 is 0 Å². The number of halogens is 1. The van der Waals surface area contributed by atoms with Gasteiger partial charge in [0.25, 0.3) is 0 Å². The smallest absolute Gasteiger partial charge is 0.0666 e. The topological polar surface area (TPSA) is 32.3 Å². The quantitative estimate of drug-likeness (QED) is 0.610. The highest BCUT2D eigenvalue weighted by Gasteiger charge is 2.42. The van der Waals surface area contributed by atoms with E-state index in [1.165, 1.54) is 0 Å². The van der Waals surface area contributed by atoms with Gasteiger partial charge in [-0.3, -0.25) is 0 Å². The summed E-state index contributed by atoms with van der Waals surface area (Å²) in [6.45, 7) is 10.2. The van der Waals surface area contributed by atoms with Crippen LogP contribution in [0.1, 0.15) is 27.7 Å². The molecule has 1 fully saturated rings. The van der Waals surface area contributed by atoms with E-state index in [0.717, 1.165) is 13.1 Å². The van der Waals surface area contributed by atoms with E-state index in [4.69, 9.17) is 0 Å². The molecule has 3 heteroatoms. The van der Waals surface area contributed by atoms with Gasteiger partial charge < -0.3 is 10.4 Å². The van der Waals surface area contributed by atoms with Gasteiger partial charge in [-0.2, -0.15) is 0 Å². The van der Waals surface area contributed by atoms with Gasteiger partial charge in [-0.25, -0.2) is 0 Å². The van der Waals surface area contributed by atoms with Crippen molar-refractivity contribution in [1.82, 2.24) is 5.32 Å². The van der Waals surface area contributed by atoms with E-state index in [2.05, 4.69) is 33.0 Å². The van der Waals surface area contributed by atoms with Crippen LogP contribution >= 0.6 is 12.4 Å². The van der Waals surface area contributed by atoms with Crippen molar-refractivity contribution in [2.45, 2.75) is 33.8 Å². The minimum absolute atomic E-state index is 0. The summed E-state index contributed by atoms with van der Waals surface area (Å²) in [6, 6.07) is 0. The van der Waals surface area contributed by atoms with Crippen LogP contribution in [-0.2, 0) is 0 Å². The second-order valence-corrected chi connectivity index (χ2v) is 4.98. The Morgan fingerprint density at radius 3 is 1.67 bits per heavy atom. The molecule has 1 aliphatic heterocycles. The van der Waals surface area contributed by atoms with Crippen molar-refractivity contribution in [2.75, 3.05) is 13.1 Å². The summed E-state index contributed by atoms with van der Waals surface area (Å²) < 4.78 is 0. The van der Waals surface area contributed by atoms with Gasteiger partial charge in [0.05, 0.1) is 6.10 Å². The van der Waals surface area contributed by atoms with Gasteiger partial charge in [-0.1, -0.05) is 27.7 Å². The minimum Gasteiger partial charge on any atom is -0.392 e. The number of aliphatic hydroxyl groups excluding tert-OH is 1. The van der Waals surface area contributed by atoms with Gasteiger partial charge in [0.2, 0.25) is 0 Å². The largest absolute Gasteiger partial charge is 0.392 e. The lowest BCUT2D eigenvalue weighted by molar-refractivity contribution is -0.0631. The van der Waals surface area contributed by atoms with E-state index in [1.54, 1.807) is 0 Å². The molecule has 0 unspecified atom stereocenters. The molecule has 0 aliphatic carbocycles. The second-order valence-electron chi connectivity index (χ2n) is 4.98. The predicted molar refractivity (Wildman–Crippen MR) is 53.7 cm³/mol. The molecule has 0 spiro atoms. The number of hydrogen-bond donors (Lipinski definition) is 2. The Kier molecular flexibility index (Phi) is 3.59. The minimum atomic E-state index is -0.198. The molecule has 0 aromatic heterocycles. The van der Waals surface area contributed by atoms with E-state index in [1.807, 2.05) is 0 Å². The van der Waals surface area contributed by atoms with Crippen LogP contribution in [0.3, 0.4) is 0 Å². The van der Waals surface area contributed by atoms with Crippen LogP contribution in [0.25, 0.3) is 0 Å². The summed E-state index contributed by atoms with van der Waals surface area (Å²) >= 11 is 0. The van der Waals surface area contributed by atoms with Crippen LogP contribution < -0.4 is 5.32 Å². The summed E-state index contributed by atoms with van der Waals surface area (Å²) in [5, 5.41) is 13.3. The van der Waals surface area contributed by atoms with Crippen molar-refractivity contribution < 1.29 is 5.11 Å². The highest BCUT2D eigenvalue weighted by atomic mass is 35.5. The molecule has 2 nitrogen and oxygen atoms in total. The Hall–Kier alpha value is 0.210. The Morgan fingerprint density at radius 1 is 1.08 bits per heavy atom. The maximum atomic E-state index is 9.92. The van der Waals surface area contributed by atoms with Crippen molar-refractivity contribution in [2.24, 2.45) is 10.8 Å². The lowest BCUT2D eigenvalue weighted by atomic mass is 9.69. The fourth-order valence-corrected chi connectivity index (χ4v) is 1.96. The molecule has 74 valence electrons. The molecule has 0 saturated carbocycles. The van der Waals surface area contributed by atoms with Gasteiger partial charge in [0.15, 0.2) is 0 Å². The van der Waals surface area contributed by atoms with Crippen LogP contribution in [0.4, 0.5) is 0 Å². The molecule has 1 rings (SSSR count). The standard InChI is InChI=1S/C9H19NO.ClH/c1-8(2)5-10-6-9(3,4)7(8)11;/h7,10-11H,5-6H2,1-4H3;1H. The first-order valence-corrected chi connectivity index (χ1v) is 4.25. The average Bonchev–Trinajstić information content (AvgIpc) is 1.82. The highest BCUT2D eigenvalue weighted by Crippen LogP contribution is 2.36. The third-order valence-corrected chi connectivity index (χ3v) is 2.64. The zero-order chi connectivity index (χ0) is 8.70. The van der Waals surface area contributed by atoms with E-state index in [0.29, 0.717) is 0 Å². The molecular formula is C9H20ClNO. The van der Waals surface area contributed by atoms with Gasteiger partial charge in [0.1, 0.15) is 0 Å². The maximum Gasteiger partial charge on any atom is 0.0666 e. The molecule has 12 heavy (non-hydrogen) atoms. The van der Waals surface area contributed by atoms with Gasteiger partial charge in [-0.05, 0) is 0 Å². The van der Waals surface area contributed by atoms with Crippen LogP contribution in [-0.4, -0.2) is 24.3 Å². The second kappa shape index (κ2) is 3.52. The molecule has 0 aromatic rings. The number of piperidine rings is 1. The molecule has 1 aliphatic rings. The fourth-order valence-electron chi connectivity index (χ4n) is 1.96. The molecular weight excluding hydrogens is 174 g/mol. The van der Waals surface area contributed by atoms with Crippen molar-refractivity contribution in [3.8, 4) is 0 Å². The predicted octanol–water partition coefficient (Wildman–Crippen LogP) is 1.42. The van der Waals surface area contributed by atoms with E-state index in [9.17, 15) is 5.11 Å². The van der Waals surface area contributed by atoms with Crippen molar-refractivity contribution in [1.29, 1.82) is 0 Å². The Labute approximate surface area is 81.2 Å². The van der Waals surface area contributed by atoms with Crippen LogP contribution in [0.5, 0.6) is 0 Å². The number of aliphatic hydroxyl groups is 1. The van der Waals surface area contributed by atoms with Crippen LogP contribution in [0.15, 0.2) is 0 Å². The normalized spacial score (nSPS) is 27.8. The van der Waals surface area contributed by atoms with E-state index in [-0.39, 0.29) is 29.3 Å². The monoisotopic (exact) mass is 193 g/mol. The first kappa shape index (κ1) is 12.2. The number of nitrogens with one attached hydrogen (secondary N) is 1. The molecule has 0 radical (unpaired) electrons.